The fourth-order valence-electron chi connectivity index (χ4n) is 3.98. The summed E-state index contributed by atoms with van der Waals surface area (Å²) in [4.78, 5) is 2.69. The molecule has 1 aliphatic carbocycles. The Kier molecular flexibility index (Phi) is 3.97. The molecule has 1 saturated carbocycles. The first-order valence-electron chi connectivity index (χ1n) is 7.48. The van der Waals surface area contributed by atoms with Gasteiger partial charge in [0.05, 0.1) is 0 Å². The van der Waals surface area contributed by atoms with E-state index in [1.165, 1.54) is 57.2 Å². The van der Waals surface area contributed by atoms with Crippen LogP contribution in [0.1, 0.15) is 50.1 Å². The van der Waals surface area contributed by atoms with Crippen LogP contribution in [0.4, 0.5) is 0 Å². The second kappa shape index (κ2) is 5.55. The lowest BCUT2D eigenvalue weighted by Crippen LogP contribution is -2.52. The van der Waals surface area contributed by atoms with Gasteiger partial charge in [0.25, 0.3) is 0 Å². The van der Waals surface area contributed by atoms with Crippen molar-refractivity contribution in [2.75, 3.05) is 13.1 Å². The highest BCUT2D eigenvalue weighted by Gasteiger charge is 2.45. The third-order valence-electron chi connectivity index (χ3n) is 4.99. The number of nitrogens with two attached hydrogens (primary N) is 1. The molecule has 1 aromatic rings. The lowest BCUT2D eigenvalue weighted by molar-refractivity contribution is 0.0922. The quantitative estimate of drug-likeness (QED) is 0.915. The van der Waals surface area contributed by atoms with Crippen LogP contribution < -0.4 is 5.73 Å². The van der Waals surface area contributed by atoms with Crippen molar-refractivity contribution in [3.05, 3.63) is 34.3 Å². The van der Waals surface area contributed by atoms with Gasteiger partial charge in [-0.1, -0.05) is 40.9 Å². The third-order valence-corrected chi connectivity index (χ3v) is 5.49. The molecule has 1 aliphatic heterocycles. The maximum Gasteiger partial charge on any atom is 0.0482 e. The summed E-state index contributed by atoms with van der Waals surface area (Å²) < 4.78 is 1.13. The average Bonchev–Trinajstić information content (AvgIpc) is 3.09. The summed E-state index contributed by atoms with van der Waals surface area (Å²) in [6, 6.07) is 8.71. The monoisotopic (exact) mass is 322 g/mol. The van der Waals surface area contributed by atoms with Crippen molar-refractivity contribution < 1.29 is 0 Å². The molecule has 1 atom stereocenters. The second-order valence-electron chi connectivity index (χ2n) is 6.04. The molecule has 1 heterocycles. The Balaban J connectivity index is 1.91. The third kappa shape index (κ3) is 2.48. The lowest BCUT2D eigenvalue weighted by Gasteiger charge is -2.43. The van der Waals surface area contributed by atoms with Gasteiger partial charge in [-0.3, -0.25) is 4.90 Å². The Hall–Kier alpha value is -0.380. The van der Waals surface area contributed by atoms with Crippen LogP contribution in [0.25, 0.3) is 0 Å². The number of hydrogen-bond acceptors (Lipinski definition) is 2. The molecule has 2 aliphatic rings. The van der Waals surface area contributed by atoms with Gasteiger partial charge in [0.15, 0.2) is 0 Å². The van der Waals surface area contributed by atoms with E-state index in [4.69, 9.17) is 5.73 Å². The topological polar surface area (TPSA) is 29.3 Å². The van der Waals surface area contributed by atoms with Crippen LogP contribution >= 0.6 is 15.9 Å². The standard InChI is InChI=1S/C16H23BrN2/c17-14-7-5-6-13(12-14)15(18)16(8-1-2-9-16)19-10-3-4-11-19/h5-7,12,15H,1-4,8-11,18H2. The van der Waals surface area contributed by atoms with Crippen molar-refractivity contribution in [1.29, 1.82) is 0 Å². The molecule has 3 heteroatoms. The van der Waals surface area contributed by atoms with Crippen LogP contribution in [-0.2, 0) is 0 Å². The zero-order chi connectivity index (χ0) is 13.3. The largest absolute Gasteiger partial charge is 0.322 e. The van der Waals surface area contributed by atoms with Gasteiger partial charge in [-0.25, -0.2) is 0 Å². The summed E-state index contributed by atoms with van der Waals surface area (Å²) >= 11 is 3.57. The normalized spacial score (nSPS) is 24.7. The van der Waals surface area contributed by atoms with Gasteiger partial charge in [-0.05, 0) is 56.5 Å². The molecule has 1 saturated heterocycles. The summed E-state index contributed by atoms with van der Waals surface area (Å²) in [5, 5.41) is 0. The van der Waals surface area contributed by atoms with Crippen molar-refractivity contribution in [1.82, 2.24) is 4.90 Å². The fraction of sp³-hybridized carbons (Fsp3) is 0.625. The number of benzene rings is 1. The van der Waals surface area contributed by atoms with E-state index in [1.54, 1.807) is 0 Å². The predicted octanol–water partition coefficient (Wildman–Crippen LogP) is 3.86. The first kappa shape index (κ1) is 13.6. The minimum atomic E-state index is 0.144. The van der Waals surface area contributed by atoms with Crippen LogP contribution in [-0.4, -0.2) is 23.5 Å². The molecular formula is C16H23BrN2. The van der Waals surface area contributed by atoms with Gasteiger partial charge in [0.2, 0.25) is 0 Å². The molecule has 1 unspecified atom stereocenters. The van der Waals surface area contributed by atoms with Crippen LogP contribution in [0.15, 0.2) is 28.7 Å². The number of rotatable bonds is 3. The van der Waals surface area contributed by atoms with Gasteiger partial charge < -0.3 is 5.73 Å². The number of hydrogen-bond donors (Lipinski definition) is 1. The van der Waals surface area contributed by atoms with Gasteiger partial charge in [-0.15, -0.1) is 0 Å². The van der Waals surface area contributed by atoms with E-state index in [2.05, 4.69) is 45.1 Å². The zero-order valence-electron chi connectivity index (χ0n) is 11.4. The number of likely N-dealkylation sites (tertiary alicyclic amines) is 1. The van der Waals surface area contributed by atoms with Crippen LogP contribution in [0, 0.1) is 0 Å². The highest BCUT2D eigenvalue weighted by molar-refractivity contribution is 9.10. The Morgan fingerprint density at radius 3 is 2.42 bits per heavy atom. The summed E-state index contributed by atoms with van der Waals surface area (Å²) in [6.07, 6.45) is 7.87. The summed E-state index contributed by atoms with van der Waals surface area (Å²) in [5.41, 5.74) is 8.22. The average molecular weight is 323 g/mol. The van der Waals surface area contributed by atoms with Crippen LogP contribution in [0.2, 0.25) is 0 Å². The van der Waals surface area contributed by atoms with Crippen LogP contribution in [0.3, 0.4) is 0 Å². The summed E-state index contributed by atoms with van der Waals surface area (Å²) in [5.74, 6) is 0. The van der Waals surface area contributed by atoms with E-state index in [0.29, 0.717) is 0 Å². The van der Waals surface area contributed by atoms with Crippen molar-refractivity contribution >= 4 is 15.9 Å². The van der Waals surface area contributed by atoms with Crippen molar-refractivity contribution in [3.63, 3.8) is 0 Å². The lowest BCUT2D eigenvalue weighted by atomic mass is 9.82. The van der Waals surface area contributed by atoms with Gasteiger partial charge in [-0.2, -0.15) is 0 Å². The molecule has 104 valence electrons. The summed E-state index contributed by atoms with van der Waals surface area (Å²) in [7, 11) is 0. The SMILES string of the molecule is NC(c1cccc(Br)c1)C1(N2CCCC2)CCCC1. The molecule has 0 radical (unpaired) electrons. The molecule has 0 aromatic heterocycles. The first-order valence-corrected chi connectivity index (χ1v) is 8.28. The summed E-state index contributed by atoms with van der Waals surface area (Å²) in [6.45, 7) is 2.48. The molecule has 0 amide bonds. The zero-order valence-corrected chi connectivity index (χ0v) is 13.0. The molecule has 1 aromatic carbocycles. The second-order valence-corrected chi connectivity index (χ2v) is 6.95. The molecule has 2 fully saturated rings. The molecule has 19 heavy (non-hydrogen) atoms. The van der Waals surface area contributed by atoms with E-state index in [9.17, 15) is 0 Å². The maximum absolute atomic E-state index is 6.72. The van der Waals surface area contributed by atoms with Crippen molar-refractivity contribution in [3.8, 4) is 0 Å². The smallest absolute Gasteiger partial charge is 0.0482 e. The van der Waals surface area contributed by atoms with E-state index in [1.807, 2.05) is 0 Å². The number of halogens is 1. The highest BCUT2D eigenvalue weighted by atomic mass is 79.9. The molecule has 2 nitrogen and oxygen atoms in total. The first-order chi connectivity index (χ1) is 9.22. The van der Waals surface area contributed by atoms with E-state index >= 15 is 0 Å². The molecular weight excluding hydrogens is 300 g/mol. The molecule has 0 bridgehead atoms. The van der Waals surface area contributed by atoms with Crippen molar-refractivity contribution in [2.24, 2.45) is 5.73 Å². The van der Waals surface area contributed by atoms with Gasteiger partial charge in [0.1, 0.15) is 0 Å². The van der Waals surface area contributed by atoms with Crippen molar-refractivity contribution in [2.45, 2.75) is 50.1 Å². The Bertz CT molecular complexity index is 434. The molecule has 2 N–H and O–H groups in total. The molecule has 0 spiro atoms. The van der Waals surface area contributed by atoms with Gasteiger partial charge >= 0.3 is 0 Å². The minimum absolute atomic E-state index is 0.144. The van der Waals surface area contributed by atoms with E-state index in [0.717, 1.165) is 4.47 Å². The Morgan fingerprint density at radius 1 is 1.11 bits per heavy atom. The minimum Gasteiger partial charge on any atom is -0.322 e. The van der Waals surface area contributed by atoms with Crippen LogP contribution in [0.5, 0.6) is 0 Å². The van der Waals surface area contributed by atoms with Gasteiger partial charge in [0, 0.05) is 16.1 Å². The van der Waals surface area contributed by atoms with E-state index < -0.39 is 0 Å². The fourth-order valence-corrected chi connectivity index (χ4v) is 4.40. The highest BCUT2D eigenvalue weighted by Crippen LogP contribution is 2.45. The Labute approximate surface area is 124 Å². The Morgan fingerprint density at radius 2 is 1.79 bits per heavy atom. The molecule has 3 rings (SSSR count). The van der Waals surface area contributed by atoms with E-state index in [-0.39, 0.29) is 11.6 Å². The predicted molar refractivity (Wildman–Crippen MR) is 83.1 cm³/mol. The number of nitrogens with zero attached hydrogens (tertiary/aromatic N) is 1. The maximum atomic E-state index is 6.72.